The summed E-state index contributed by atoms with van der Waals surface area (Å²) in [7, 11) is 0. The maximum absolute atomic E-state index is 13.2. The summed E-state index contributed by atoms with van der Waals surface area (Å²) >= 11 is 0. The van der Waals surface area contributed by atoms with E-state index in [-0.39, 0.29) is 17.6 Å². The lowest BCUT2D eigenvalue weighted by molar-refractivity contribution is -0.192. The lowest BCUT2D eigenvalue weighted by Crippen LogP contribution is -2.45. The highest BCUT2D eigenvalue weighted by molar-refractivity contribution is 5.96. The molecule has 1 aromatic heterocycles. The van der Waals surface area contributed by atoms with Crippen molar-refractivity contribution in [3.8, 4) is 11.5 Å². The predicted molar refractivity (Wildman–Crippen MR) is 149 cm³/mol. The Morgan fingerprint density at radius 2 is 1.70 bits per heavy atom. The molecule has 7 N–H and O–H groups in total. The van der Waals surface area contributed by atoms with Crippen LogP contribution in [0.15, 0.2) is 61.1 Å². The van der Waals surface area contributed by atoms with Crippen LogP contribution in [0.5, 0.6) is 11.5 Å². The second-order valence-electron chi connectivity index (χ2n) is 8.72. The van der Waals surface area contributed by atoms with E-state index in [1.807, 2.05) is 20.8 Å². The number of alkyl halides is 3. The third kappa shape index (κ3) is 10.8. The number of amides is 2. The minimum Gasteiger partial charge on any atom is -0.490 e. The lowest BCUT2D eigenvalue weighted by Gasteiger charge is -2.22. The summed E-state index contributed by atoms with van der Waals surface area (Å²) in [6.45, 7) is 6.08. The number of nitrogens with one attached hydrogen (secondary N) is 4. The van der Waals surface area contributed by atoms with Crippen LogP contribution in [0.4, 0.5) is 18.9 Å². The first-order valence-corrected chi connectivity index (χ1v) is 12.5. The summed E-state index contributed by atoms with van der Waals surface area (Å²) < 4.78 is 43.3. The number of halogens is 3. The van der Waals surface area contributed by atoms with Gasteiger partial charge >= 0.3 is 12.1 Å². The van der Waals surface area contributed by atoms with Crippen LogP contribution in [-0.4, -0.2) is 57.6 Å². The van der Waals surface area contributed by atoms with Gasteiger partial charge in [0.25, 0.3) is 11.8 Å². The first kappa shape index (κ1) is 33.8. The number of carbonyl (C=O) groups excluding carboxylic acids is 2. The van der Waals surface area contributed by atoms with Gasteiger partial charge in [0, 0.05) is 17.4 Å². The number of benzene rings is 2. The monoisotopic (exact) mass is 605 g/mol. The fourth-order valence-electron chi connectivity index (χ4n) is 3.22. The molecule has 16 heteroatoms. The fraction of sp³-hybridized carbons (Fsp3) is 0.259. The van der Waals surface area contributed by atoms with Crippen molar-refractivity contribution in [3.63, 3.8) is 0 Å². The Labute approximate surface area is 244 Å². The van der Waals surface area contributed by atoms with E-state index in [9.17, 15) is 22.8 Å². The van der Waals surface area contributed by atoms with Gasteiger partial charge in [-0.15, -0.1) is 0 Å². The van der Waals surface area contributed by atoms with Gasteiger partial charge in [-0.2, -0.15) is 13.2 Å². The van der Waals surface area contributed by atoms with Crippen LogP contribution < -0.4 is 31.4 Å². The molecule has 3 aromatic rings. The number of hydrogen-bond donors (Lipinski definition) is 6. The average Bonchev–Trinajstić information content (AvgIpc) is 2.96. The number of aromatic nitrogens is 2. The number of carboxylic acids is 1. The number of rotatable bonds is 10. The van der Waals surface area contributed by atoms with Crippen LogP contribution in [0.3, 0.4) is 0 Å². The van der Waals surface area contributed by atoms with Crippen molar-refractivity contribution >= 4 is 29.3 Å². The van der Waals surface area contributed by atoms with E-state index in [2.05, 4.69) is 26.1 Å². The smallest absolute Gasteiger partial charge is 0.490 e. The van der Waals surface area contributed by atoms with Crippen LogP contribution in [0, 0.1) is 5.41 Å². The Morgan fingerprint density at radius 1 is 1.05 bits per heavy atom. The molecule has 2 amide bonds. The minimum atomic E-state index is -5.08. The van der Waals surface area contributed by atoms with Gasteiger partial charge < -0.3 is 25.6 Å². The zero-order valence-corrected chi connectivity index (χ0v) is 23.2. The molecule has 0 fully saturated rings. The molecule has 0 spiro atoms. The molecule has 0 aliphatic carbocycles. The predicted octanol–water partition coefficient (Wildman–Crippen LogP) is 3.19. The molecule has 1 atom stereocenters. The number of nitrogen functional groups attached to an aromatic ring is 1. The standard InChI is InChI=1S/C25H29N7O4.C2HF3O2/c1-4-35-21-13-17(7-10-20(21)36-15(2)3)22(30-18-8-5-16(6-9-18)23(26)27)25(34)32-31-24(33)19-11-12-28-14-29-19;3-2(4,5)1(6)7/h5-15,22,30H,4H2,1-3H3,(H3,26,27)(H,31,33)(H,32,34);(H,6,7). The molecule has 1 unspecified atom stereocenters. The number of aliphatic carboxylic acids is 1. The Balaban J connectivity index is 0.000000821. The van der Waals surface area contributed by atoms with Crippen LogP contribution in [0.2, 0.25) is 0 Å². The largest absolute Gasteiger partial charge is 0.490 e. The molecule has 1 heterocycles. The number of ether oxygens (including phenoxy) is 2. The molecule has 0 saturated carbocycles. The van der Waals surface area contributed by atoms with E-state index >= 15 is 0 Å². The molecule has 0 saturated heterocycles. The minimum absolute atomic E-state index is 0.0645. The molecular formula is C27H30F3N7O6. The molecule has 230 valence electrons. The Hall–Kier alpha value is -5.41. The van der Waals surface area contributed by atoms with E-state index in [0.717, 1.165) is 0 Å². The molecule has 43 heavy (non-hydrogen) atoms. The Bertz CT molecular complexity index is 1400. The van der Waals surface area contributed by atoms with Crippen molar-refractivity contribution < 1.29 is 42.1 Å². The number of nitrogens with zero attached hydrogens (tertiary/aromatic N) is 2. The summed E-state index contributed by atoms with van der Waals surface area (Å²) in [5, 5.41) is 17.8. The van der Waals surface area contributed by atoms with E-state index in [1.165, 1.54) is 18.6 Å². The van der Waals surface area contributed by atoms with Gasteiger partial charge in [-0.05, 0) is 68.8 Å². The second-order valence-corrected chi connectivity index (χ2v) is 8.72. The molecule has 0 aliphatic heterocycles. The SMILES string of the molecule is CCOc1cc(C(Nc2ccc(C(=N)N)cc2)C(=O)NNC(=O)c2ccncn2)ccc1OC(C)C.O=C(O)C(F)(F)F. The van der Waals surface area contributed by atoms with Gasteiger partial charge in [0.2, 0.25) is 0 Å². The summed E-state index contributed by atoms with van der Waals surface area (Å²) in [5.41, 5.74) is 12.2. The van der Waals surface area contributed by atoms with E-state index in [0.29, 0.717) is 34.9 Å². The number of amidine groups is 1. The Morgan fingerprint density at radius 3 is 2.21 bits per heavy atom. The van der Waals surface area contributed by atoms with Crippen molar-refractivity contribution in [3.05, 3.63) is 77.9 Å². The summed E-state index contributed by atoms with van der Waals surface area (Å²) in [5.74, 6) is -2.91. The third-order valence-corrected chi connectivity index (χ3v) is 5.09. The van der Waals surface area contributed by atoms with Gasteiger partial charge in [0.1, 0.15) is 23.9 Å². The zero-order chi connectivity index (χ0) is 32.2. The van der Waals surface area contributed by atoms with E-state index < -0.39 is 30.0 Å². The van der Waals surface area contributed by atoms with Gasteiger partial charge in [0.15, 0.2) is 11.5 Å². The normalized spacial score (nSPS) is 11.3. The maximum Gasteiger partial charge on any atom is 0.490 e. The van der Waals surface area contributed by atoms with Gasteiger partial charge in [-0.3, -0.25) is 25.8 Å². The van der Waals surface area contributed by atoms with Crippen LogP contribution in [-0.2, 0) is 9.59 Å². The molecule has 2 aromatic carbocycles. The van der Waals surface area contributed by atoms with Gasteiger partial charge in [0.05, 0.1) is 12.7 Å². The van der Waals surface area contributed by atoms with Crippen molar-refractivity contribution in [1.29, 1.82) is 5.41 Å². The molecule has 0 bridgehead atoms. The highest BCUT2D eigenvalue weighted by Gasteiger charge is 2.38. The third-order valence-electron chi connectivity index (χ3n) is 5.09. The van der Waals surface area contributed by atoms with E-state index in [4.69, 9.17) is 30.5 Å². The number of hydrogen-bond acceptors (Lipinski definition) is 9. The second kappa shape index (κ2) is 15.6. The van der Waals surface area contributed by atoms with E-state index in [1.54, 1.807) is 42.5 Å². The molecular weight excluding hydrogens is 575 g/mol. The highest BCUT2D eigenvalue weighted by Crippen LogP contribution is 2.33. The average molecular weight is 606 g/mol. The van der Waals surface area contributed by atoms with Crippen LogP contribution in [0.1, 0.15) is 48.4 Å². The van der Waals surface area contributed by atoms with Crippen molar-refractivity contribution in [2.24, 2.45) is 5.73 Å². The number of hydrazine groups is 1. The molecule has 0 aliphatic rings. The number of nitrogens with two attached hydrogens (primary N) is 1. The lowest BCUT2D eigenvalue weighted by atomic mass is 10.0. The number of anilines is 1. The first-order chi connectivity index (χ1) is 20.2. The topological polar surface area (TPSA) is 202 Å². The number of carbonyl (C=O) groups is 3. The summed E-state index contributed by atoms with van der Waals surface area (Å²) in [6.07, 6.45) is -2.49. The van der Waals surface area contributed by atoms with Crippen molar-refractivity contribution in [2.45, 2.75) is 39.1 Å². The fourth-order valence-corrected chi connectivity index (χ4v) is 3.22. The van der Waals surface area contributed by atoms with Crippen LogP contribution >= 0.6 is 0 Å². The first-order valence-electron chi connectivity index (χ1n) is 12.5. The van der Waals surface area contributed by atoms with Crippen molar-refractivity contribution in [2.75, 3.05) is 11.9 Å². The van der Waals surface area contributed by atoms with Crippen molar-refractivity contribution in [1.82, 2.24) is 20.8 Å². The quantitative estimate of drug-likeness (QED) is 0.113. The van der Waals surface area contributed by atoms with Crippen LogP contribution in [0.25, 0.3) is 0 Å². The zero-order valence-electron chi connectivity index (χ0n) is 23.2. The summed E-state index contributed by atoms with van der Waals surface area (Å²) in [4.78, 5) is 42.1. The highest BCUT2D eigenvalue weighted by atomic mass is 19.4. The van der Waals surface area contributed by atoms with Gasteiger partial charge in [-0.1, -0.05) is 6.07 Å². The Kier molecular flexibility index (Phi) is 12.2. The molecule has 3 rings (SSSR count). The van der Waals surface area contributed by atoms with Gasteiger partial charge in [-0.25, -0.2) is 14.8 Å². The molecule has 0 radical (unpaired) electrons. The number of carboxylic acid groups (broad SMARTS) is 1. The molecule has 13 nitrogen and oxygen atoms in total. The maximum atomic E-state index is 13.2. The summed E-state index contributed by atoms with van der Waals surface area (Å²) in [6, 6.07) is 12.4.